The summed E-state index contributed by atoms with van der Waals surface area (Å²) in [4.78, 5) is 11.7. The van der Waals surface area contributed by atoms with E-state index in [2.05, 4.69) is 41.5 Å². The summed E-state index contributed by atoms with van der Waals surface area (Å²) in [6.07, 6.45) is 4.66. The Kier molecular flexibility index (Phi) is 5.21. The number of benzene rings is 3. The van der Waals surface area contributed by atoms with Crippen molar-refractivity contribution in [2.24, 2.45) is 0 Å². The van der Waals surface area contributed by atoms with Crippen molar-refractivity contribution >= 4 is 6.29 Å². The van der Waals surface area contributed by atoms with Gasteiger partial charge in [-0.25, -0.2) is 9.07 Å². The van der Waals surface area contributed by atoms with Gasteiger partial charge < -0.3 is 0 Å². The van der Waals surface area contributed by atoms with E-state index in [1.807, 2.05) is 22.9 Å². The van der Waals surface area contributed by atoms with E-state index in [4.69, 9.17) is 0 Å². The Morgan fingerprint density at radius 1 is 0.935 bits per heavy atom. The highest BCUT2D eigenvalue weighted by atomic mass is 19.1. The third-order valence-corrected chi connectivity index (χ3v) is 6.15. The number of nitrogens with zero attached hydrogens (tertiary/aromatic N) is 2. The maximum atomic E-state index is 13.4. The molecule has 1 aromatic heterocycles. The summed E-state index contributed by atoms with van der Waals surface area (Å²) in [5.41, 5.74) is 7.09. The summed E-state index contributed by atoms with van der Waals surface area (Å²) in [6.45, 7) is 0. The van der Waals surface area contributed by atoms with E-state index in [1.54, 1.807) is 12.1 Å². The molecular weight excluding hydrogens is 387 g/mol. The smallest absolute Gasteiger partial charge is 0.170 e. The van der Waals surface area contributed by atoms with Crippen LogP contribution in [-0.4, -0.2) is 16.1 Å². The van der Waals surface area contributed by atoms with Gasteiger partial charge in [-0.15, -0.1) is 0 Å². The fraction of sp³-hybridized carbons (Fsp3) is 0.185. The van der Waals surface area contributed by atoms with Crippen LogP contribution in [0.15, 0.2) is 78.9 Å². The molecule has 1 aliphatic carbocycles. The van der Waals surface area contributed by atoms with Crippen LogP contribution in [0.25, 0.3) is 16.8 Å². The number of aldehydes is 1. The fourth-order valence-corrected chi connectivity index (χ4v) is 4.64. The zero-order valence-corrected chi connectivity index (χ0v) is 17.2. The van der Waals surface area contributed by atoms with Crippen molar-refractivity contribution in [2.75, 3.05) is 0 Å². The van der Waals surface area contributed by atoms with Crippen LogP contribution < -0.4 is 0 Å². The maximum Gasteiger partial charge on any atom is 0.170 e. The molecule has 1 heterocycles. The molecule has 4 heteroatoms. The predicted octanol–water partition coefficient (Wildman–Crippen LogP) is 6.15. The molecule has 0 fully saturated rings. The molecule has 0 saturated carbocycles. The van der Waals surface area contributed by atoms with Crippen molar-refractivity contribution in [3.05, 3.63) is 107 Å². The van der Waals surface area contributed by atoms with Gasteiger partial charge in [-0.05, 0) is 66.6 Å². The first-order valence-corrected chi connectivity index (χ1v) is 10.7. The number of hydrogen-bond donors (Lipinski definition) is 0. The van der Waals surface area contributed by atoms with Gasteiger partial charge >= 0.3 is 0 Å². The van der Waals surface area contributed by atoms with Crippen molar-refractivity contribution in [3.63, 3.8) is 0 Å². The van der Waals surface area contributed by atoms with Gasteiger partial charge in [0.2, 0.25) is 0 Å². The standard InChI is InChI=1S/C27H23FN2O/c28-23-13-15-24(16-14-23)30-27-22(7-4-8-25(27)26(18-31)29-30)17-19-9-11-21(12-10-19)20-5-2-1-3-6-20/h1-3,5-6,9-16,18,22H,4,7-8,17H2. The normalized spacial score (nSPS) is 15.5. The lowest BCUT2D eigenvalue weighted by Gasteiger charge is -2.25. The molecule has 154 valence electrons. The summed E-state index contributed by atoms with van der Waals surface area (Å²) in [5, 5.41) is 4.58. The summed E-state index contributed by atoms with van der Waals surface area (Å²) in [7, 11) is 0. The summed E-state index contributed by atoms with van der Waals surface area (Å²) < 4.78 is 15.3. The molecule has 5 rings (SSSR count). The second-order valence-electron chi connectivity index (χ2n) is 8.11. The maximum absolute atomic E-state index is 13.4. The van der Waals surface area contributed by atoms with Gasteiger partial charge in [0.25, 0.3) is 0 Å². The number of carbonyl (C=O) groups is 1. The zero-order chi connectivity index (χ0) is 21.2. The van der Waals surface area contributed by atoms with Gasteiger partial charge in [0, 0.05) is 11.5 Å². The Hall–Kier alpha value is -3.53. The number of hydrogen-bond acceptors (Lipinski definition) is 2. The minimum Gasteiger partial charge on any atom is -0.296 e. The van der Waals surface area contributed by atoms with E-state index >= 15 is 0 Å². The highest BCUT2D eigenvalue weighted by molar-refractivity contribution is 5.75. The molecule has 4 aromatic rings. The molecule has 0 spiro atoms. The minimum atomic E-state index is -0.282. The second kappa shape index (κ2) is 8.31. The third-order valence-electron chi connectivity index (χ3n) is 6.15. The molecule has 3 aromatic carbocycles. The Labute approximate surface area is 181 Å². The first kappa shape index (κ1) is 19.4. The molecular formula is C27H23FN2O. The van der Waals surface area contributed by atoms with E-state index in [1.165, 1.54) is 28.8 Å². The van der Waals surface area contributed by atoms with Gasteiger partial charge in [-0.3, -0.25) is 4.79 Å². The van der Waals surface area contributed by atoms with Crippen LogP contribution in [0.1, 0.15) is 46.1 Å². The molecule has 0 radical (unpaired) electrons. The first-order valence-electron chi connectivity index (χ1n) is 10.7. The molecule has 0 amide bonds. The summed E-state index contributed by atoms with van der Waals surface area (Å²) in [6, 6.07) is 25.4. The number of halogens is 1. The topological polar surface area (TPSA) is 34.9 Å². The third kappa shape index (κ3) is 3.81. The molecule has 1 aliphatic rings. The van der Waals surface area contributed by atoms with Crippen molar-refractivity contribution in [1.29, 1.82) is 0 Å². The van der Waals surface area contributed by atoms with Crippen LogP contribution in [0.3, 0.4) is 0 Å². The highest BCUT2D eigenvalue weighted by Crippen LogP contribution is 2.37. The van der Waals surface area contributed by atoms with E-state index in [0.717, 1.165) is 48.9 Å². The average Bonchev–Trinajstić information content (AvgIpc) is 3.20. The Bertz CT molecular complexity index is 1190. The van der Waals surface area contributed by atoms with Crippen LogP contribution in [0.5, 0.6) is 0 Å². The zero-order valence-electron chi connectivity index (χ0n) is 17.2. The quantitative estimate of drug-likeness (QED) is 0.370. The van der Waals surface area contributed by atoms with Crippen molar-refractivity contribution in [1.82, 2.24) is 9.78 Å². The van der Waals surface area contributed by atoms with Gasteiger partial charge in [0.05, 0.1) is 11.4 Å². The summed E-state index contributed by atoms with van der Waals surface area (Å²) >= 11 is 0. The molecule has 31 heavy (non-hydrogen) atoms. The fourth-order valence-electron chi connectivity index (χ4n) is 4.64. The number of aromatic nitrogens is 2. The largest absolute Gasteiger partial charge is 0.296 e. The van der Waals surface area contributed by atoms with E-state index in [9.17, 15) is 9.18 Å². The van der Waals surface area contributed by atoms with E-state index < -0.39 is 0 Å². The number of fused-ring (bicyclic) bond motifs is 1. The van der Waals surface area contributed by atoms with Gasteiger partial charge in [0.1, 0.15) is 11.5 Å². The van der Waals surface area contributed by atoms with E-state index in [-0.39, 0.29) is 11.7 Å². The predicted molar refractivity (Wildman–Crippen MR) is 120 cm³/mol. The monoisotopic (exact) mass is 410 g/mol. The highest BCUT2D eigenvalue weighted by Gasteiger charge is 2.29. The summed E-state index contributed by atoms with van der Waals surface area (Å²) in [5.74, 6) is -0.0204. The van der Waals surface area contributed by atoms with Crippen LogP contribution in [-0.2, 0) is 12.8 Å². The molecule has 3 nitrogen and oxygen atoms in total. The molecule has 1 unspecified atom stereocenters. The molecule has 0 saturated heterocycles. The molecule has 0 N–H and O–H groups in total. The minimum absolute atomic E-state index is 0.262. The van der Waals surface area contributed by atoms with Gasteiger partial charge in [0.15, 0.2) is 6.29 Å². The van der Waals surface area contributed by atoms with Crippen molar-refractivity contribution in [2.45, 2.75) is 31.6 Å². The Morgan fingerprint density at radius 3 is 2.35 bits per heavy atom. The number of rotatable bonds is 5. The lowest BCUT2D eigenvalue weighted by Crippen LogP contribution is -2.16. The van der Waals surface area contributed by atoms with Crippen LogP contribution in [0, 0.1) is 5.82 Å². The lowest BCUT2D eigenvalue weighted by molar-refractivity contribution is 0.111. The SMILES string of the molecule is O=Cc1nn(-c2ccc(F)cc2)c2c1CCCC2Cc1ccc(-c2ccccc2)cc1. The molecule has 0 bridgehead atoms. The van der Waals surface area contributed by atoms with Crippen LogP contribution in [0.2, 0.25) is 0 Å². The lowest BCUT2D eigenvalue weighted by atomic mass is 9.82. The van der Waals surface area contributed by atoms with Crippen molar-refractivity contribution < 1.29 is 9.18 Å². The Morgan fingerprint density at radius 2 is 1.65 bits per heavy atom. The second-order valence-corrected chi connectivity index (χ2v) is 8.11. The Balaban J connectivity index is 1.48. The first-order chi connectivity index (χ1) is 15.2. The number of carbonyl (C=O) groups excluding carboxylic acids is 1. The van der Waals surface area contributed by atoms with E-state index in [0.29, 0.717) is 5.69 Å². The molecule has 1 atom stereocenters. The van der Waals surface area contributed by atoms with Crippen LogP contribution >= 0.6 is 0 Å². The van der Waals surface area contributed by atoms with Gasteiger partial charge in [-0.2, -0.15) is 5.10 Å². The average molecular weight is 410 g/mol. The van der Waals surface area contributed by atoms with Crippen LogP contribution in [0.4, 0.5) is 4.39 Å². The van der Waals surface area contributed by atoms with Crippen molar-refractivity contribution in [3.8, 4) is 16.8 Å². The van der Waals surface area contributed by atoms with Gasteiger partial charge in [-0.1, -0.05) is 54.6 Å². The molecule has 0 aliphatic heterocycles.